The highest BCUT2D eigenvalue weighted by atomic mass is 16.6. The van der Waals surface area contributed by atoms with E-state index in [1.165, 1.54) is 6.20 Å². The third-order valence-corrected chi connectivity index (χ3v) is 4.51. The molecular formula is C23H37N3O5. The van der Waals surface area contributed by atoms with Crippen molar-refractivity contribution in [2.75, 3.05) is 0 Å². The Bertz CT molecular complexity index is 756. The van der Waals surface area contributed by atoms with Crippen molar-refractivity contribution in [2.24, 2.45) is 16.8 Å². The average molecular weight is 436 g/mol. The zero-order valence-corrected chi connectivity index (χ0v) is 20.0. The summed E-state index contributed by atoms with van der Waals surface area (Å²) in [5.41, 5.74) is -0.290. The Labute approximate surface area is 185 Å². The standard InChI is InChI=1S/C23H37N3O5/c1-10-24-13-18(26-21(29)31-23(7,8)9)15(3)16-11-14(2)19(27)17(12-16)25-20(28)30-22(4,5)6/h10,13-14,16-17H,3,11-12H2,1-2,4-9H3,(H,25,28)(H,26,29)/b18-13+,24-10?/t14-,16+,17+/m0/s1. The van der Waals surface area contributed by atoms with Gasteiger partial charge >= 0.3 is 12.2 Å². The highest BCUT2D eigenvalue weighted by Crippen LogP contribution is 2.34. The van der Waals surface area contributed by atoms with Gasteiger partial charge in [-0.1, -0.05) is 13.5 Å². The molecule has 1 aliphatic rings. The number of nitrogens with zero attached hydrogens (tertiary/aromatic N) is 1. The molecule has 3 atom stereocenters. The van der Waals surface area contributed by atoms with Crippen molar-refractivity contribution in [3.05, 3.63) is 24.0 Å². The van der Waals surface area contributed by atoms with E-state index < -0.39 is 29.4 Å². The van der Waals surface area contributed by atoms with Crippen LogP contribution in [0.2, 0.25) is 0 Å². The molecule has 1 fully saturated rings. The first-order chi connectivity index (χ1) is 14.1. The van der Waals surface area contributed by atoms with Crippen LogP contribution in [0.5, 0.6) is 0 Å². The fourth-order valence-corrected chi connectivity index (χ4v) is 3.23. The Morgan fingerprint density at radius 1 is 1.06 bits per heavy atom. The normalized spacial score (nSPS) is 22.8. The van der Waals surface area contributed by atoms with E-state index in [0.29, 0.717) is 24.1 Å². The van der Waals surface area contributed by atoms with E-state index in [-0.39, 0.29) is 17.6 Å². The first kappa shape index (κ1) is 26.4. The molecule has 1 rings (SSSR count). The number of allylic oxidation sites excluding steroid dienone is 1. The molecule has 0 heterocycles. The van der Waals surface area contributed by atoms with E-state index in [4.69, 9.17) is 9.47 Å². The van der Waals surface area contributed by atoms with Gasteiger partial charge in [0.25, 0.3) is 0 Å². The predicted molar refractivity (Wildman–Crippen MR) is 121 cm³/mol. The second-order valence-electron chi connectivity index (χ2n) is 9.77. The smallest absolute Gasteiger partial charge is 0.412 e. The number of amides is 2. The third kappa shape index (κ3) is 9.36. The molecule has 174 valence electrons. The molecule has 1 aliphatic carbocycles. The molecule has 2 N–H and O–H groups in total. The van der Waals surface area contributed by atoms with Crippen molar-refractivity contribution >= 4 is 24.2 Å². The van der Waals surface area contributed by atoms with Crippen molar-refractivity contribution in [3.63, 3.8) is 0 Å². The molecule has 0 saturated heterocycles. The van der Waals surface area contributed by atoms with Gasteiger partial charge in [0.1, 0.15) is 11.2 Å². The first-order valence-electron chi connectivity index (χ1n) is 10.5. The van der Waals surface area contributed by atoms with Gasteiger partial charge in [-0.05, 0) is 72.8 Å². The lowest BCUT2D eigenvalue weighted by molar-refractivity contribution is -0.127. The molecule has 8 nitrogen and oxygen atoms in total. The fourth-order valence-electron chi connectivity index (χ4n) is 3.23. The van der Waals surface area contributed by atoms with Gasteiger partial charge in [0.15, 0.2) is 5.78 Å². The number of aliphatic imine (C=N–C) groups is 1. The van der Waals surface area contributed by atoms with Gasteiger partial charge in [0.2, 0.25) is 0 Å². The van der Waals surface area contributed by atoms with E-state index in [0.717, 1.165) is 0 Å². The fraction of sp³-hybridized carbons (Fsp3) is 0.652. The Kier molecular flexibility index (Phi) is 9.02. The topological polar surface area (TPSA) is 106 Å². The van der Waals surface area contributed by atoms with Gasteiger partial charge in [0, 0.05) is 12.1 Å². The van der Waals surface area contributed by atoms with E-state index in [1.807, 2.05) is 6.92 Å². The number of carbonyl (C=O) groups excluding carboxylic acids is 3. The van der Waals surface area contributed by atoms with Crippen LogP contribution in [0, 0.1) is 11.8 Å². The average Bonchev–Trinajstić information content (AvgIpc) is 2.58. The maximum absolute atomic E-state index is 12.6. The maximum Gasteiger partial charge on any atom is 0.412 e. The van der Waals surface area contributed by atoms with Gasteiger partial charge < -0.3 is 14.8 Å². The Balaban J connectivity index is 2.99. The molecule has 31 heavy (non-hydrogen) atoms. The molecule has 0 bridgehead atoms. The summed E-state index contributed by atoms with van der Waals surface area (Å²) in [5.74, 6) is -0.485. The lowest BCUT2D eigenvalue weighted by Gasteiger charge is -2.34. The second-order valence-corrected chi connectivity index (χ2v) is 9.77. The molecule has 0 aromatic heterocycles. The summed E-state index contributed by atoms with van der Waals surface area (Å²) in [6.07, 6.45) is 2.74. The Hall–Kier alpha value is -2.64. The summed E-state index contributed by atoms with van der Waals surface area (Å²) in [6, 6.07) is -0.696. The van der Waals surface area contributed by atoms with E-state index in [9.17, 15) is 14.4 Å². The van der Waals surface area contributed by atoms with Crippen molar-refractivity contribution < 1.29 is 23.9 Å². The number of carbonyl (C=O) groups is 3. The molecule has 1 saturated carbocycles. The van der Waals surface area contributed by atoms with Gasteiger partial charge in [-0.15, -0.1) is 0 Å². The zero-order valence-electron chi connectivity index (χ0n) is 20.0. The highest BCUT2D eigenvalue weighted by Gasteiger charge is 2.37. The molecule has 0 aromatic carbocycles. The number of hydrogen-bond donors (Lipinski definition) is 2. The van der Waals surface area contributed by atoms with Crippen LogP contribution in [-0.2, 0) is 14.3 Å². The number of ether oxygens (including phenoxy) is 2. The van der Waals surface area contributed by atoms with E-state index >= 15 is 0 Å². The second kappa shape index (κ2) is 10.6. The van der Waals surface area contributed by atoms with Crippen LogP contribution in [0.3, 0.4) is 0 Å². The van der Waals surface area contributed by atoms with Crippen LogP contribution in [-0.4, -0.2) is 41.4 Å². The number of nitrogens with one attached hydrogen (secondary N) is 2. The molecule has 0 aliphatic heterocycles. The van der Waals surface area contributed by atoms with Crippen LogP contribution in [0.1, 0.15) is 68.2 Å². The third-order valence-electron chi connectivity index (χ3n) is 4.51. The predicted octanol–water partition coefficient (Wildman–Crippen LogP) is 4.51. The highest BCUT2D eigenvalue weighted by molar-refractivity contribution is 5.90. The van der Waals surface area contributed by atoms with Crippen molar-refractivity contribution in [1.82, 2.24) is 10.6 Å². The number of ketones is 1. The molecule has 8 heteroatoms. The molecule has 2 amide bonds. The largest absolute Gasteiger partial charge is 0.444 e. The quantitative estimate of drug-likeness (QED) is 0.488. The van der Waals surface area contributed by atoms with Gasteiger partial charge in [-0.3, -0.25) is 15.1 Å². The maximum atomic E-state index is 12.6. The van der Waals surface area contributed by atoms with Crippen molar-refractivity contribution in [2.45, 2.75) is 85.5 Å². The lowest BCUT2D eigenvalue weighted by Crippen LogP contribution is -2.49. The van der Waals surface area contributed by atoms with E-state index in [2.05, 4.69) is 22.2 Å². The van der Waals surface area contributed by atoms with Gasteiger partial charge in [-0.25, -0.2) is 9.59 Å². The van der Waals surface area contributed by atoms with Gasteiger partial charge in [-0.2, -0.15) is 0 Å². The summed E-state index contributed by atoms with van der Waals surface area (Å²) < 4.78 is 10.6. The van der Waals surface area contributed by atoms with E-state index in [1.54, 1.807) is 54.7 Å². The molecule has 0 radical (unpaired) electrons. The SMILES string of the molecule is C=C(/C(=C\N=CC)NC(=O)OC(C)(C)C)[C@@H]1C[C@H](C)C(=O)[C@H](NC(=O)OC(C)(C)C)C1. The number of alkyl carbamates (subject to hydrolysis) is 2. The van der Waals surface area contributed by atoms with Crippen LogP contribution >= 0.6 is 0 Å². The summed E-state index contributed by atoms with van der Waals surface area (Å²) >= 11 is 0. The first-order valence-corrected chi connectivity index (χ1v) is 10.5. The van der Waals surface area contributed by atoms with Crippen LogP contribution < -0.4 is 10.6 Å². The minimum absolute atomic E-state index is 0.0490. The van der Waals surface area contributed by atoms with Crippen LogP contribution in [0.25, 0.3) is 0 Å². The lowest BCUT2D eigenvalue weighted by atomic mass is 9.75. The van der Waals surface area contributed by atoms with Gasteiger partial charge in [0.05, 0.1) is 17.9 Å². The van der Waals surface area contributed by atoms with Crippen LogP contribution in [0.15, 0.2) is 29.0 Å². The minimum Gasteiger partial charge on any atom is -0.444 e. The number of rotatable bonds is 5. The number of Topliss-reactive ketones (excluding diaryl/α,β-unsaturated/α-hetero) is 1. The monoisotopic (exact) mass is 435 g/mol. The summed E-state index contributed by atoms with van der Waals surface area (Å²) in [5, 5.41) is 5.39. The van der Waals surface area contributed by atoms with Crippen molar-refractivity contribution in [3.8, 4) is 0 Å². The molecular weight excluding hydrogens is 398 g/mol. The molecule has 0 aromatic rings. The summed E-state index contributed by atoms with van der Waals surface area (Å²) in [4.78, 5) is 41.2. The van der Waals surface area contributed by atoms with Crippen molar-refractivity contribution in [1.29, 1.82) is 0 Å². The zero-order chi connectivity index (χ0) is 24.0. The summed E-state index contributed by atoms with van der Waals surface area (Å²) in [7, 11) is 0. The number of hydrogen-bond acceptors (Lipinski definition) is 6. The minimum atomic E-state index is -0.696. The molecule has 0 unspecified atom stereocenters. The Morgan fingerprint density at radius 3 is 2.13 bits per heavy atom. The summed E-state index contributed by atoms with van der Waals surface area (Å²) in [6.45, 7) is 18.3. The molecule has 0 spiro atoms. The van der Waals surface area contributed by atoms with Crippen LogP contribution in [0.4, 0.5) is 9.59 Å². The Morgan fingerprint density at radius 2 is 1.61 bits per heavy atom.